The van der Waals surface area contributed by atoms with Gasteiger partial charge in [0.15, 0.2) is 9.74 Å². The van der Waals surface area contributed by atoms with Gasteiger partial charge in [-0.3, -0.25) is 19.7 Å². The number of likely N-dealkylation sites (N-methyl/N-ethyl adjacent to an activating group) is 1. The van der Waals surface area contributed by atoms with E-state index in [0.717, 1.165) is 17.3 Å². The molecule has 2 amide bonds. The molecule has 25 heavy (non-hydrogen) atoms. The molecule has 0 bridgehead atoms. The summed E-state index contributed by atoms with van der Waals surface area (Å²) in [7, 11) is 1.52. The smallest absolute Gasteiger partial charge is 0.267 e. The predicted molar refractivity (Wildman–Crippen MR) is 97.6 cm³/mol. The highest BCUT2D eigenvalue weighted by atomic mass is 32.2. The maximum atomic E-state index is 13.3. The summed E-state index contributed by atoms with van der Waals surface area (Å²) in [6.45, 7) is -0.529. The normalized spacial score (nSPS) is 28.2. The van der Waals surface area contributed by atoms with E-state index < -0.39 is 22.3 Å². The number of amides is 2. The van der Waals surface area contributed by atoms with E-state index in [1.54, 1.807) is 18.6 Å². The van der Waals surface area contributed by atoms with Gasteiger partial charge in [-0.2, -0.15) is 0 Å². The molecule has 1 aromatic carbocycles. The Kier molecular flexibility index (Phi) is 4.44. The Hall–Kier alpha value is -1.46. The number of fused-ring (bicyclic) bond motifs is 3. The largest absolute Gasteiger partial charge is 0.733 e. The molecular weight excluding hydrogens is 366 g/mol. The third kappa shape index (κ3) is 2.21. The summed E-state index contributed by atoms with van der Waals surface area (Å²) in [5, 5.41) is 30.0. The molecule has 0 aliphatic carbocycles. The summed E-state index contributed by atoms with van der Waals surface area (Å²) in [5.41, 5.74) is 1.10. The number of aliphatic hydroxyl groups excluding tert-OH is 1. The van der Waals surface area contributed by atoms with E-state index in [0.29, 0.717) is 12.1 Å². The van der Waals surface area contributed by atoms with Crippen LogP contribution in [-0.2, 0) is 16.0 Å². The van der Waals surface area contributed by atoms with Crippen LogP contribution in [0, 0.1) is 5.21 Å². The van der Waals surface area contributed by atoms with E-state index in [2.05, 4.69) is 0 Å². The van der Waals surface area contributed by atoms with Gasteiger partial charge in [0.1, 0.15) is 0 Å². The number of anilines is 2. The second-order valence-electron chi connectivity index (χ2n) is 5.90. The third-order valence-corrected chi connectivity index (χ3v) is 7.36. The summed E-state index contributed by atoms with van der Waals surface area (Å²) >= 11 is 2.33. The van der Waals surface area contributed by atoms with Gasteiger partial charge < -0.3 is 20.4 Å². The van der Waals surface area contributed by atoms with Crippen molar-refractivity contribution in [2.75, 3.05) is 36.3 Å². The van der Waals surface area contributed by atoms with E-state index in [4.69, 9.17) is 0 Å². The van der Waals surface area contributed by atoms with E-state index >= 15 is 0 Å². The Morgan fingerprint density at radius 2 is 1.96 bits per heavy atom. The van der Waals surface area contributed by atoms with Gasteiger partial charge in [-0.05, 0) is 30.2 Å². The van der Waals surface area contributed by atoms with E-state index in [-0.39, 0.29) is 16.8 Å². The Balaban J connectivity index is 2.23. The number of hydrogen-bond acceptors (Lipinski definition) is 8. The first-order valence-electron chi connectivity index (χ1n) is 7.42. The summed E-state index contributed by atoms with van der Waals surface area (Å²) in [6.07, 6.45) is 3.69. The standard InChI is InChI=1S/C15H18N3O5S2/c1-16-12(20)14(24-2)7-9-4-5-10(18(22)23)6-11(9)17(14)13(21)15(16,8-19)25-3/h4-6,19,22H,7-8H2,1-3H3/q-1/t14-,15-/m0/s1. The molecule has 2 aliphatic rings. The van der Waals surface area contributed by atoms with Crippen molar-refractivity contribution in [3.8, 4) is 0 Å². The molecule has 8 nitrogen and oxygen atoms in total. The minimum atomic E-state index is -1.43. The number of carbonyl (C=O) groups excluding carboxylic acids is 2. The van der Waals surface area contributed by atoms with Crippen molar-refractivity contribution in [1.82, 2.24) is 4.90 Å². The molecule has 1 aromatic rings. The lowest BCUT2D eigenvalue weighted by molar-refractivity contribution is -0.149. The SMILES string of the molecule is CS[C@@]1(CO)C(=O)N2c3cc(N([O-])O)ccc3C[C@]2(SC)C(=O)N1C. The van der Waals surface area contributed by atoms with E-state index in [1.165, 1.54) is 40.7 Å². The molecular formula is C15H18N3O5S2-. The Morgan fingerprint density at radius 1 is 1.28 bits per heavy atom. The second-order valence-corrected chi connectivity index (χ2v) is 8.07. The van der Waals surface area contributed by atoms with Crippen molar-refractivity contribution >= 4 is 46.7 Å². The second kappa shape index (κ2) is 6.06. The molecule has 2 aliphatic heterocycles. The molecule has 0 saturated carbocycles. The fourth-order valence-electron chi connectivity index (χ4n) is 3.46. The van der Waals surface area contributed by atoms with Gasteiger partial charge in [-0.25, -0.2) is 0 Å². The lowest BCUT2D eigenvalue weighted by atomic mass is 10.0. The zero-order chi connectivity index (χ0) is 18.6. The molecule has 2 atom stereocenters. The van der Waals surface area contributed by atoms with Gasteiger partial charge in [0, 0.05) is 13.5 Å². The lowest BCUT2D eigenvalue weighted by Crippen LogP contribution is -2.74. The highest BCUT2D eigenvalue weighted by Gasteiger charge is 2.64. The number of piperazine rings is 1. The van der Waals surface area contributed by atoms with Gasteiger partial charge in [0.2, 0.25) is 0 Å². The van der Waals surface area contributed by atoms with Gasteiger partial charge >= 0.3 is 0 Å². The average Bonchev–Trinajstić information content (AvgIpc) is 2.96. The number of nitrogens with zero attached hydrogens (tertiary/aromatic N) is 3. The first-order chi connectivity index (χ1) is 11.8. The van der Waals surface area contributed by atoms with Gasteiger partial charge in [0.25, 0.3) is 11.8 Å². The van der Waals surface area contributed by atoms with Crippen LogP contribution in [0.4, 0.5) is 11.4 Å². The molecule has 136 valence electrons. The monoisotopic (exact) mass is 384 g/mol. The van der Waals surface area contributed by atoms with Crippen LogP contribution in [0.25, 0.3) is 0 Å². The van der Waals surface area contributed by atoms with Crippen molar-refractivity contribution in [2.45, 2.75) is 16.2 Å². The Bertz CT molecular complexity index is 740. The Morgan fingerprint density at radius 3 is 2.48 bits per heavy atom. The number of rotatable bonds is 4. The van der Waals surface area contributed by atoms with Crippen LogP contribution >= 0.6 is 23.5 Å². The van der Waals surface area contributed by atoms with Crippen LogP contribution in [0.3, 0.4) is 0 Å². The van der Waals surface area contributed by atoms with Crippen molar-refractivity contribution in [2.24, 2.45) is 0 Å². The van der Waals surface area contributed by atoms with Gasteiger partial charge in [-0.15, -0.1) is 23.5 Å². The highest BCUT2D eigenvalue weighted by molar-refractivity contribution is 8.01. The molecule has 0 unspecified atom stereocenters. The maximum Gasteiger partial charge on any atom is 0.267 e. The van der Waals surface area contributed by atoms with Crippen LogP contribution in [-0.4, -0.2) is 62.9 Å². The first-order valence-corrected chi connectivity index (χ1v) is 9.87. The fourth-order valence-corrected chi connectivity index (χ4v) is 5.19. The van der Waals surface area contributed by atoms with E-state index in [1.807, 2.05) is 0 Å². The summed E-state index contributed by atoms with van der Waals surface area (Å²) in [4.78, 5) is 26.6. The van der Waals surface area contributed by atoms with Crippen LogP contribution in [0.1, 0.15) is 5.56 Å². The maximum absolute atomic E-state index is 13.3. The summed E-state index contributed by atoms with van der Waals surface area (Å²) in [6, 6.07) is 4.45. The number of hydrogen-bond donors (Lipinski definition) is 2. The topological polar surface area (TPSA) is 107 Å². The van der Waals surface area contributed by atoms with Crippen molar-refractivity contribution < 1.29 is 19.9 Å². The zero-order valence-electron chi connectivity index (χ0n) is 13.9. The van der Waals surface area contributed by atoms with Gasteiger partial charge in [0.05, 0.1) is 18.0 Å². The average molecular weight is 384 g/mol. The van der Waals surface area contributed by atoms with Crippen LogP contribution in [0.15, 0.2) is 18.2 Å². The molecule has 2 N–H and O–H groups in total. The number of thioether (sulfide) groups is 2. The minimum Gasteiger partial charge on any atom is -0.733 e. The van der Waals surface area contributed by atoms with Crippen molar-refractivity contribution in [3.05, 3.63) is 29.0 Å². The first kappa shape index (κ1) is 18.3. The molecule has 0 aromatic heterocycles. The summed E-state index contributed by atoms with van der Waals surface area (Å²) in [5.74, 6) is -0.714. The lowest BCUT2D eigenvalue weighted by Gasteiger charge is -2.52. The number of carbonyl (C=O) groups is 2. The number of benzene rings is 1. The molecule has 0 radical (unpaired) electrons. The quantitative estimate of drug-likeness (QED) is 0.736. The number of aliphatic hydroxyl groups is 1. The molecule has 1 fully saturated rings. The van der Waals surface area contributed by atoms with Gasteiger partial charge in [-0.1, -0.05) is 6.07 Å². The molecule has 0 spiro atoms. The predicted octanol–water partition coefficient (Wildman–Crippen LogP) is 0.852. The van der Waals surface area contributed by atoms with Crippen molar-refractivity contribution in [3.63, 3.8) is 0 Å². The molecule has 2 heterocycles. The highest BCUT2D eigenvalue weighted by Crippen LogP contribution is 2.52. The molecule has 3 rings (SSSR count). The third-order valence-electron chi connectivity index (χ3n) is 4.93. The zero-order valence-corrected chi connectivity index (χ0v) is 15.6. The van der Waals surface area contributed by atoms with E-state index in [9.17, 15) is 25.1 Å². The fraction of sp³-hybridized carbons (Fsp3) is 0.467. The Labute approximate surface area is 153 Å². The van der Waals surface area contributed by atoms with Crippen LogP contribution in [0.2, 0.25) is 0 Å². The van der Waals surface area contributed by atoms with Crippen LogP contribution < -0.4 is 10.1 Å². The molecule has 10 heteroatoms. The van der Waals surface area contributed by atoms with Crippen molar-refractivity contribution in [1.29, 1.82) is 0 Å². The molecule has 1 saturated heterocycles. The minimum absolute atomic E-state index is 0.0337. The summed E-state index contributed by atoms with van der Waals surface area (Å²) < 4.78 is 0. The van der Waals surface area contributed by atoms with Crippen LogP contribution in [0.5, 0.6) is 0 Å².